The first kappa shape index (κ1) is 20.0. The Morgan fingerprint density at radius 3 is 1.55 bits per heavy atom. The largest absolute Gasteiger partial charge is 0.0654 e. The van der Waals surface area contributed by atoms with Crippen molar-refractivity contribution < 1.29 is 0 Å². The third-order valence-corrected chi connectivity index (χ3v) is 5.16. The van der Waals surface area contributed by atoms with Gasteiger partial charge in [-0.05, 0) is 24.2 Å². The smallest absolute Gasteiger partial charge is 0.0326 e. The second-order valence-electron chi connectivity index (χ2n) is 7.40. The molecular weight excluding hydrogens is 240 g/mol. The van der Waals surface area contributed by atoms with Crippen LogP contribution in [0.25, 0.3) is 0 Å². The molecule has 0 saturated carbocycles. The summed E-state index contributed by atoms with van der Waals surface area (Å²) < 4.78 is 0. The molecule has 0 aliphatic rings. The fourth-order valence-electron chi connectivity index (χ4n) is 2.92. The van der Waals surface area contributed by atoms with Crippen LogP contribution in [-0.4, -0.2) is 0 Å². The summed E-state index contributed by atoms with van der Waals surface area (Å²) in [7, 11) is 0. The molecule has 20 heavy (non-hydrogen) atoms. The number of hydrogen-bond donors (Lipinski definition) is 0. The summed E-state index contributed by atoms with van der Waals surface area (Å²) in [6.45, 7) is 11.7. The normalized spacial score (nSPS) is 13.7. The maximum absolute atomic E-state index is 2.42. The van der Waals surface area contributed by atoms with Crippen LogP contribution in [0, 0.1) is 17.8 Å². The highest BCUT2D eigenvalue weighted by Gasteiger charge is 2.23. The van der Waals surface area contributed by atoms with Crippen molar-refractivity contribution in [1.82, 2.24) is 0 Å². The number of rotatable bonds is 14. The van der Waals surface area contributed by atoms with E-state index < -0.39 is 0 Å². The van der Waals surface area contributed by atoms with Crippen LogP contribution >= 0.6 is 0 Å². The van der Waals surface area contributed by atoms with E-state index in [-0.39, 0.29) is 0 Å². The zero-order valence-electron chi connectivity index (χ0n) is 15.1. The monoisotopic (exact) mass is 281 g/mol. The molecule has 121 valence electrons. The highest BCUT2D eigenvalue weighted by Crippen LogP contribution is 2.34. The lowest BCUT2D eigenvalue weighted by molar-refractivity contribution is 0.231. The van der Waals surface area contributed by atoms with E-state index >= 15 is 0 Å². The summed E-state index contributed by atoms with van der Waals surface area (Å²) in [4.78, 5) is 0. The average Bonchev–Trinajstić information content (AvgIpc) is 2.43. The van der Waals surface area contributed by atoms with Crippen LogP contribution in [0.15, 0.2) is 0 Å². The molecule has 0 heteroatoms. The van der Waals surface area contributed by atoms with Crippen molar-refractivity contribution in [3.63, 3.8) is 0 Å². The third-order valence-electron chi connectivity index (χ3n) is 5.16. The molecule has 0 rings (SSSR count). The minimum absolute atomic E-state index is 0.494. The molecule has 0 fully saturated rings. The Kier molecular flexibility index (Phi) is 12.7. The molecule has 0 saturated heterocycles. The molecule has 0 spiro atoms. The summed E-state index contributed by atoms with van der Waals surface area (Å²) in [6.07, 6.45) is 19.6. The standard InChI is InChI=1S/C20H41/c1-6-8-9-10-11-12-13-14-15-16-17-18-20(4,5)19(3)7-2/h7,19H,6,8-18H2,1-5H3. The van der Waals surface area contributed by atoms with Gasteiger partial charge in [-0.25, -0.2) is 0 Å². The van der Waals surface area contributed by atoms with Gasteiger partial charge in [-0.3, -0.25) is 0 Å². The molecule has 0 aromatic rings. The molecule has 0 aliphatic carbocycles. The van der Waals surface area contributed by atoms with Gasteiger partial charge in [0.1, 0.15) is 0 Å². The summed E-state index contributed by atoms with van der Waals surface area (Å²) in [5, 5.41) is 0. The van der Waals surface area contributed by atoms with Gasteiger partial charge in [0, 0.05) is 0 Å². The van der Waals surface area contributed by atoms with Crippen molar-refractivity contribution in [2.45, 2.75) is 112 Å². The van der Waals surface area contributed by atoms with Gasteiger partial charge in [-0.15, -0.1) is 0 Å². The second-order valence-corrected chi connectivity index (χ2v) is 7.40. The summed E-state index contributed by atoms with van der Waals surface area (Å²) in [5.41, 5.74) is 0.494. The zero-order chi connectivity index (χ0) is 15.3. The molecule has 0 aliphatic heterocycles. The van der Waals surface area contributed by atoms with E-state index in [1.54, 1.807) is 0 Å². The molecule has 0 aromatic carbocycles. The molecule has 1 atom stereocenters. The van der Waals surface area contributed by atoms with Crippen molar-refractivity contribution >= 4 is 0 Å². The Hall–Kier alpha value is 0. The fourth-order valence-corrected chi connectivity index (χ4v) is 2.92. The van der Waals surface area contributed by atoms with E-state index in [0.29, 0.717) is 5.41 Å². The Balaban J connectivity index is 3.28. The van der Waals surface area contributed by atoms with Crippen molar-refractivity contribution in [3.05, 3.63) is 6.42 Å². The first-order chi connectivity index (χ1) is 9.54. The molecule has 0 aromatic heterocycles. The zero-order valence-corrected chi connectivity index (χ0v) is 15.1. The lowest BCUT2D eigenvalue weighted by Crippen LogP contribution is -2.21. The van der Waals surface area contributed by atoms with Crippen molar-refractivity contribution in [2.75, 3.05) is 0 Å². The lowest BCUT2D eigenvalue weighted by Gasteiger charge is -2.31. The van der Waals surface area contributed by atoms with Gasteiger partial charge >= 0.3 is 0 Å². The molecule has 1 radical (unpaired) electrons. The van der Waals surface area contributed by atoms with Gasteiger partial charge in [-0.1, -0.05) is 105 Å². The molecule has 0 amide bonds. The van der Waals surface area contributed by atoms with Crippen LogP contribution in [0.2, 0.25) is 0 Å². The number of unbranched alkanes of at least 4 members (excludes halogenated alkanes) is 10. The molecule has 0 heterocycles. The van der Waals surface area contributed by atoms with Gasteiger partial charge in [-0.2, -0.15) is 0 Å². The minimum atomic E-state index is 0.494. The van der Waals surface area contributed by atoms with E-state index in [1.807, 2.05) is 0 Å². The van der Waals surface area contributed by atoms with E-state index in [2.05, 4.69) is 41.0 Å². The Morgan fingerprint density at radius 2 is 1.15 bits per heavy atom. The second kappa shape index (κ2) is 12.7. The Bertz CT molecular complexity index is 192. The van der Waals surface area contributed by atoms with E-state index in [1.165, 1.54) is 77.0 Å². The van der Waals surface area contributed by atoms with Crippen LogP contribution in [0.5, 0.6) is 0 Å². The van der Waals surface area contributed by atoms with E-state index in [4.69, 9.17) is 0 Å². The first-order valence-corrected chi connectivity index (χ1v) is 9.34. The van der Waals surface area contributed by atoms with Gasteiger partial charge in [0.2, 0.25) is 0 Å². The minimum Gasteiger partial charge on any atom is -0.0654 e. The lowest BCUT2D eigenvalue weighted by atomic mass is 9.75. The first-order valence-electron chi connectivity index (χ1n) is 9.34. The van der Waals surface area contributed by atoms with Gasteiger partial charge in [0.25, 0.3) is 0 Å². The van der Waals surface area contributed by atoms with Gasteiger partial charge in [0.15, 0.2) is 0 Å². The van der Waals surface area contributed by atoms with Crippen LogP contribution in [0.1, 0.15) is 112 Å². The van der Waals surface area contributed by atoms with E-state index in [9.17, 15) is 0 Å². The van der Waals surface area contributed by atoms with Gasteiger partial charge in [0.05, 0.1) is 0 Å². The molecular formula is C20H41. The highest BCUT2D eigenvalue weighted by atomic mass is 14.3. The fraction of sp³-hybridized carbons (Fsp3) is 0.950. The molecule has 1 unspecified atom stereocenters. The van der Waals surface area contributed by atoms with Crippen LogP contribution < -0.4 is 0 Å². The average molecular weight is 282 g/mol. The quantitative estimate of drug-likeness (QED) is 0.288. The van der Waals surface area contributed by atoms with E-state index in [0.717, 1.165) is 5.92 Å². The molecule has 0 N–H and O–H groups in total. The highest BCUT2D eigenvalue weighted by molar-refractivity contribution is 4.82. The maximum atomic E-state index is 2.42. The third kappa shape index (κ3) is 10.7. The van der Waals surface area contributed by atoms with Crippen molar-refractivity contribution in [3.8, 4) is 0 Å². The Labute approximate surface area is 130 Å². The topological polar surface area (TPSA) is 0 Å². The summed E-state index contributed by atoms with van der Waals surface area (Å²) in [5.74, 6) is 0.741. The maximum Gasteiger partial charge on any atom is -0.0326 e. The molecule has 0 nitrogen and oxygen atoms in total. The number of hydrogen-bond acceptors (Lipinski definition) is 0. The van der Waals surface area contributed by atoms with Crippen LogP contribution in [-0.2, 0) is 0 Å². The summed E-state index contributed by atoms with van der Waals surface area (Å²) >= 11 is 0. The molecule has 0 bridgehead atoms. The van der Waals surface area contributed by atoms with Crippen LogP contribution in [0.4, 0.5) is 0 Å². The van der Waals surface area contributed by atoms with Crippen molar-refractivity contribution in [2.24, 2.45) is 11.3 Å². The van der Waals surface area contributed by atoms with Crippen molar-refractivity contribution in [1.29, 1.82) is 0 Å². The summed E-state index contributed by atoms with van der Waals surface area (Å²) in [6, 6.07) is 0. The Morgan fingerprint density at radius 1 is 0.750 bits per heavy atom. The van der Waals surface area contributed by atoms with Crippen LogP contribution in [0.3, 0.4) is 0 Å². The van der Waals surface area contributed by atoms with Gasteiger partial charge < -0.3 is 0 Å². The SMILES string of the molecule is C[CH]C(C)C(C)(C)CCCCCCCCCCCCC. The predicted molar refractivity (Wildman–Crippen MR) is 94.0 cm³/mol. The predicted octanol–water partition coefficient (Wildman–Crippen LogP) is 7.57.